The summed E-state index contributed by atoms with van der Waals surface area (Å²) in [7, 11) is 0. The molecule has 0 unspecified atom stereocenters. The van der Waals surface area contributed by atoms with Gasteiger partial charge in [-0.1, -0.05) is 0 Å². The van der Waals surface area contributed by atoms with E-state index in [1.807, 2.05) is 39.1 Å². The molecule has 104 valence electrons. The van der Waals surface area contributed by atoms with Gasteiger partial charge in [0.15, 0.2) is 0 Å². The number of carbonyl (C=O) groups excluding carboxylic acids is 1. The van der Waals surface area contributed by atoms with E-state index >= 15 is 0 Å². The van der Waals surface area contributed by atoms with E-state index in [1.165, 1.54) is 0 Å². The Kier molecular flexibility index (Phi) is 3.93. The van der Waals surface area contributed by atoms with Gasteiger partial charge >= 0.3 is 6.09 Å². The lowest BCUT2D eigenvalue weighted by Gasteiger charge is -2.22. The molecular weight excluding hydrogens is 242 g/mol. The van der Waals surface area contributed by atoms with E-state index in [2.05, 4.69) is 15.2 Å². The third-order valence-corrected chi connectivity index (χ3v) is 2.91. The van der Waals surface area contributed by atoms with Crippen molar-refractivity contribution >= 4 is 11.8 Å². The van der Waals surface area contributed by atoms with Gasteiger partial charge < -0.3 is 15.0 Å². The van der Waals surface area contributed by atoms with Gasteiger partial charge in [0.05, 0.1) is 18.4 Å². The maximum Gasteiger partial charge on any atom is 0.407 e. The zero-order valence-electron chi connectivity index (χ0n) is 11.7. The van der Waals surface area contributed by atoms with Crippen LogP contribution in [0.4, 0.5) is 10.5 Å². The molecule has 1 fully saturated rings. The lowest BCUT2D eigenvalue weighted by Crippen LogP contribution is -2.42. The van der Waals surface area contributed by atoms with Crippen LogP contribution >= 0.6 is 0 Å². The lowest BCUT2D eigenvalue weighted by molar-refractivity contribution is 0.101. The number of alkyl carbamates (subject to hydrolysis) is 1. The Morgan fingerprint density at radius 1 is 1.53 bits per heavy atom. The van der Waals surface area contributed by atoms with Crippen molar-refractivity contribution in [2.24, 2.45) is 0 Å². The van der Waals surface area contributed by atoms with Crippen LogP contribution in [0.3, 0.4) is 0 Å². The highest BCUT2D eigenvalue weighted by Gasteiger charge is 2.27. The Morgan fingerprint density at radius 2 is 2.32 bits per heavy atom. The molecule has 1 N–H and O–H groups in total. The first-order chi connectivity index (χ1) is 8.94. The average molecular weight is 263 g/mol. The fourth-order valence-corrected chi connectivity index (χ4v) is 2.09. The highest BCUT2D eigenvalue weighted by atomic mass is 16.6. The van der Waals surface area contributed by atoms with Gasteiger partial charge in [-0.3, -0.25) is 4.98 Å². The number of anilines is 1. The molecule has 0 spiro atoms. The van der Waals surface area contributed by atoms with Crippen LogP contribution in [-0.2, 0) is 4.74 Å². The van der Waals surface area contributed by atoms with Crippen molar-refractivity contribution < 1.29 is 9.53 Å². The quantitative estimate of drug-likeness (QED) is 0.888. The number of hydrogen-bond acceptors (Lipinski definition) is 4. The van der Waals surface area contributed by atoms with E-state index in [1.54, 1.807) is 6.20 Å². The number of rotatable bonds is 2. The molecule has 0 aliphatic carbocycles. The van der Waals surface area contributed by atoms with E-state index < -0.39 is 0 Å². The van der Waals surface area contributed by atoms with Crippen molar-refractivity contribution in [2.45, 2.75) is 38.8 Å². The first-order valence-electron chi connectivity index (χ1n) is 6.58. The molecule has 5 heteroatoms. The zero-order valence-corrected chi connectivity index (χ0v) is 11.7. The summed E-state index contributed by atoms with van der Waals surface area (Å²) < 4.78 is 5.43. The summed E-state index contributed by atoms with van der Waals surface area (Å²) in [5.74, 6) is 0. The molecule has 0 bridgehead atoms. The highest BCUT2D eigenvalue weighted by molar-refractivity contribution is 5.68. The highest BCUT2D eigenvalue weighted by Crippen LogP contribution is 2.20. The molecule has 5 nitrogen and oxygen atoms in total. The third kappa shape index (κ3) is 4.12. The summed E-state index contributed by atoms with van der Waals surface area (Å²) in [5, 5.41) is 2.81. The van der Waals surface area contributed by atoms with Crippen LogP contribution < -0.4 is 10.2 Å². The molecule has 1 atom stereocenters. The van der Waals surface area contributed by atoms with Gasteiger partial charge in [-0.05, 0) is 32.9 Å². The third-order valence-electron chi connectivity index (χ3n) is 2.91. The Morgan fingerprint density at radius 3 is 2.95 bits per heavy atom. The molecule has 1 aliphatic rings. The van der Waals surface area contributed by atoms with Crippen molar-refractivity contribution in [1.82, 2.24) is 10.3 Å². The van der Waals surface area contributed by atoms with Gasteiger partial charge in [-0.2, -0.15) is 0 Å². The normalized spacial score (nSPS) is 19.3. The van der Waals surface area contributed by atoms with Crippen LogP contribution in [0.5, 0.6) is 0 Å². The zero-order chi connectivity index (χ0) is 13.9. The number of nitrogens with zero attached hydrogens (tertiary/aromatic N) is 2. The first-order valence-corrected chi connectivity index (χ1v) is 6.58. The Balaban J connectivity index is 1.84. The minimum Gasteiger partial charge on any atom is -0.444 e. The molecule has 1 saturated heterocycles. The predicted molar refractivity (Wildman–Crippen MR) is 74.2 cm³/mol. The maximum atomic E-state index is 11.7. The topological polar surface area (TPSA) is 54.5 Å². The minimum absolute atomic E-state index is 0.0532. The number of hydrogen-bond donors (Lipinski definition) is 1. The van der Waals surface area contributed by atoms with Crippen molar-refractivity contribution in [2.75, 3.05) is 18.0 Å². The van der Waals surface area contributed by atoms with Gasteiger partial charge in [-0.15, -0.1) is 0 Å². The SMILES string of the molecule is CC(C)(C)NC(=O)O[C@H]1CCN(c2cccnc2)C1. The summed E-state index contributed by atoms with van der Waals surface area (Å²) in [6.07, 6.45) is 4.04. The van der Waals surface area contributed by atoms with Crippen LogP contribution in [-0.4, -0.2) is 35.8 Å². The van der Waals surface area contributed by atoms with Crippen molar-refractivity contribution in [3.05, 3.63) is 24.5 Å². The second-order valence-corrected chi connectivity index (χ2v) is 5.85. The number of ether oxygens (including phenoxy) is 1. The van der Waals surface area contributed by atoms with Gasteiger partial charge in [0.2, 0.25) is 0 Å². The average Bonchev–Trinajstić information content (AvgIpc) is 2.76. The van der Waals surface area contributed by atoms with Crippen LogP contribution in [0.15, 0.2) is 24.5 Å². The molecule has 19 heavy (non-hydrogen) atoms. The van der Waals surface area contributed by atoms with Crippen LogP contribution in [0.1, 0.15) is 27.2 Å². The molecular formula is C14H21N3O2. The van der Waals surface area contributed by atoms with Gasteiger partial charge in [-0.25, -0.2) is 4.79 Å². The number of aromatic nitrogens is 1. The largest absolute Gasteiger partial charge is 0.444 e. The monoisotopic (exact) mass is 263 g/mol. The fourth-order valence-electron chi connectivity index (χ4n) is 2.09. The van der Waals surface area contributed by atoms with Gasteiger partial charge in [0, 0.05) is 24.7 Å². The first kappa shape index (κ1) is 13.6. The fraction of sp³-hybridized carbons (Fsp3) is 0.571. The number of pyridine rings is 1. The van der Waals surface area contributed by atoms with Crippen LogP contribution in [0.2, 0.25) is 0 Å². The molecule has 0 saturated carbocycles. The standard InChI is InChI=1S/C14H21N3O2/c1-14(2,3)16-13(18)19-12-6-8-17(10-12)11-5-4-7-15-9-11/h4-5,7,9,12H,6,8,10H2,1-3H3,(H,16,18)/t12-/m0/s1. The summed E-state index contributed by atoms with van der Waals surface area (Å²) >= 11 is 0. The molecule has 1 amide bonds. The minimum atomic E-state index is -0.342. The number of nitrogens with one attached hydrogen (secondary N) is 1. The Bertz CT molecular complexity index is 428. The van der Waals surface area contributed by atoms with Crippen LogP contribution in [0, 0.1) is 0 Å². The molecule has 0 radical (unpaired) electrons. The van der Waals surface area contributed by atoms with E-state index in [-0.39, 0.29) is 17.7 Å². The lowest BCUT2D eigenvalue weighted by atomic mass is 10.1. The van der Waals surface area contributed by atoms with Crippen LogP contribution in [0.25, 0.3) is 0 Å². The molecule has 2 rings (SSSR count). The van der Waals surface area contributed by atoms with Crippen molar-refractivity contribution in [3.8, 4) is 0 Å². The van der Waals surface area contributed by atoms with Crippen molar-refractivity contribution in [3.63, 3.8) is 0 Å². The van der Waals surface area contributed by atoms with E-state index in [4.69, 9.17) is 4.74 Å². The summed E-state index contributed by atoms with van der Waals surface area (Å²) in [6.45, 7) is 7.42. The smallest absolute Gasteiger partial charge is 0.407 e. The molecule has 2 heterocycles. The van der Waals surface area contributed by atoms with Gasteiger partial charge in [0.25, 0.3) is 0 Å². The van der Waals surface area contributed by atoms with Crippen molar-refractivity contribution in [1.29, 1.82) is 0 Å². The van der Waals surface area contributed by atoms with E-state index in [9.17, 15) is 4.79 Å². The van der Waals surface area contributed by atoms with E-state index in [0.29, 0.717) is 0 Å². The maximum absolute atomic E-state index is 11.7. The number of carbonyl (C=O) groups is 1. The van der Waals surface area contributed by atoms with Gasteiger partial charge in [0.1, 0.15) is 6.10 Å². The Labute approximate surface area is 114 Å². The predicted octanol–water partition coefficient (Wildman–Crippen LogP) is 2.19. The Hall–Kier alpha value is -1.78. The second-order valence-electron chi connectivity index (χ2n) is 5.85. The number of amides is 1. The molecule has 0 aromatic carbocycles. The summed E-state index contributed by atoms with van der Waals surface area (Å²) in [4.78, 5) is 18.0. The van der Waals surface area contributed by atoms with E-state index in [0.717, 1.165) is 25.2 Å². The molecule has 1 aliphatic heterocycles. The summed E-state index contributed by atoms with van der Waals surface area (Å²) in [6, 6.07) is 3.93. The molecule has 1 aromatic heterocycles. The second kappa shape index (κ2) is 5.47. The molecule has 1 aromatic rings. The summed E-state index contributed by atoms with van der Waals surface area (Å²) in [5.41, 5.74) is 0.809.